The first-order chi connectivity index (χ1) is 20.2. The van der Waals surface area contributed by atoms with Crippen molar-refractivity contribution in [2.45, 2.75) is 32.9 Å². The number of amides is 1. The lowest BCUT2D eigenvalue weighted by molar-refractivity contribution is -0.119. The normalized spacial score (nSPS) is 16.3. The minimum absolute atomic E-state index is 0.0205. The second-order valence-electron chi connectivity index (χ2n) is 10.2. The van der Waals surface area contributed by atoms with E-state index in [2.05, 4.69) is 38.1 Å². The Morgan fingerprint density at radius 3 is 2.50 bits per heavy atom. The number of esters is 1. The number of hydrogen-bond acceptors (Lipinski definition) is 6. The van der Waals surface area contributed by atoms with Crippen LogP contribution in [0.1, 0.15) is 50.7 Å². The van der Waals surface area contributed by atoms with E-state index in [4.69, 9.17) is 21.7 Å². The van der Waals surface area contributed by atoms with Crippen molar-refractivity contribution in [3.63, 3.8) is 0 Å². The average Bonchev–Trinajstić information content (AvgIpc) is 3.48. The SMILES string of the molecule is COCC(=O)Nc1ccc(N2C(=S)N[C@H](c3ccccn3)[C@H]2c2cc(C)n(-c3cccc(C(=O)OC)c3)c2C)cc1C. The topological polar surface area (TPSA) is 97.7 Å². The molecule has 0 radical (unpaired) electrons. The summed E-state index contributed by atoms with van der Waals surface area (Å²) in [5.41, 5.74) is 7.78. The molecule has 0 bridgehead atoms. The van der Waals surface area contributed by atoms with Crippen LogP contribution in [0.2, 0.25) is 0 Å². The molecule has 10 heteroatoms. The molecule has 9 nitrogen and oxygen atoms in total. The van der Waals surface area contributed by atoms with Gasteiger partial charge in [0.25, 0.3) is 0 Å². The molecule has 2 aromatic heterocycles. The van der Waals surface area contributed by atoms with Crippen LogP contribution in [0, 0.1) is 20.8 Å². The lowest BCUT2D eigenvalue weighted by Crippen LogP contribution is -2.29. The maximum atomic E-state index is 12.3. The summed E-state index contributed by atoms with van der Waals surface area (Å²) in [5, 5.41) is 6.98. The lowest BCUT2D eigenvalue weighted by Gasteiger charge is -2.29. The van der Waals surface area contributed by atoms with Gasteiger partial charge in [-0.05, 0) is 98.7 Å². The largest absolute Gasteiger partial charge is 0.465 e. The summed E-state index contributed by atoms with van der Waals surface area (Å²) in [4.78, 5) is 31.2. The molecule has 2 N–H and O–H groups in total. The third-order valence-electron chi connectivity index (χ3n) is 7.45. The number of methoxy groups -OCH3 is 2. The number of rotatable bonds is 8. The summed E-state index contributed by atoms with van der Waals surface area (Å²) in [7, 11) is 2.87. The minimum atomic E-state index is -0.386. The molecule has 1 saturated heterocycles. The Morgan fingerprint density at radius 2 is 1.81 bits per heavy atom. The highest BCUT2D eigenvalue weighted by Crippen LogP contribution is 2.44. The number of nitrogens with zero attached hydrogens (tertiary/aromatic N) is 3. The van der Waals surface area contributed by atoms with Crippen LogP contribution in [-0.2, 0) is 14.3 Å². The van der Waals surface area contributed by atoms with E-state index in [1.807, 2.05) is 68.4 Å². The fourth-order valence-corrected chi connectivity index (χ4v) is 5.92. The van der Waals surface area contributed by atoms with Gasteiger partial charge < -0.3 is 29.6 Å². The Bertz CT molecular complexity index is 1650. The number of nitrogens with one attached hydrogen (secondary N) is 2. The molecule has 2 atom stereocenters. The summed E-state index contributed by atoms with van der Waals surface area (Å²) in [6.45, 7) is 6.04. The van der Waals surface area contributed by atoms with E-state index in [9.17, 15) is 9.59 Å². The first-order valence-corrected chi connectivity index (χ1v) is 13.9. The zero-order chi connectivity index (χ0) is 30.0. The van der Waals surface area contributed by atoms with E-state index in [0.717, 1.165) is 39.6 Å². The number of anilines is 2. The van der Waals surface area contributed by atoms with Gasteiger partial charge in [-0.1, -0.05) is 12.1 Å². The van der Waals surface area contributed by atoms with Crippen LogP contribution >= 0.6 is 12.2 Å². The van der Waals surface area contributed by atoms with Crippen LogP contribution in [0.4, 0.5) is 11.4 Å². The van der Waals surface area contributed by atoms with Crippen LogP contribution < -0.4 is 15.5 Å². The molecule has 0 spiro atoms. The first-order valence-electron chi connectivity index (χ1n) is 13.5. The number of carbonyl (C=O) groups excluding carboxylic acids is 2. The second-order valence-corrected chi connectivity index (χ2v) is 10.6. The van der Waals surface area contributed by atoms with Crippen molar-refractivity contribution in [1.82, 2.24) is 14.9 Å². The van der Waals surface area contributed by atoms with Gasteiger partial charge >= 0.3 is 5.97 Å². The highest BCUT2D eigenvalue weighted by molar-refractivity contribution is 7.80. The van der Waals surface area contributed by atoms with Crippen molar-refractivity contribution in [2.24, 2.45) is 0 Å². The Hall–Kier alpha value is -4.54. The van der Waals surface area contributed by atoms with Crippen molar-refractivity contribution >= 4 is 40.6 Å². The van der Waals surface area contributed by atoms with Crippen molar-refractivity contribution in [1.29, 1.82) is 0 Å². The molecule has 0 aliphatic carbocycles. The van der Waals surface area contributed by atoms with E-state index in [-0.39, 0.29) is 30.6 Å². The summed E-state index contributed by atoms with van der Waals surface area (Å²) < 4.78 is 12.0. The van der Waals surface area contributed by atoms with Gasteiger partial charge in [-0.3, -0.25) is 9.78 Å². The van der Waals surface area contributed by atoms with Gasteiger partial charge in [-0.25, -0.2) is 4.79 Å². The molecule has 42 heavy (non-hydrogen) atoms. The lowest BCUT2D eigenvalue weighted by atomic mass is 9.96. The Kier molecular flexibility index (Phi) is 8.37. The summed E-state index contributed by atoms with van der Waals surface area (Å²) >= 11 is 5.94. The number of hydrogen-bond donors (Lipinski definition) is 2. The van der Waals surface area contributed by atoms with Crippen LogP contribution in [-0.4, -0.2) is 47.4 Å². The molecule has 1 amide bonds. The van der Waals surface area contributed by atoms with E-state index < -0.39 is 0 Å². The fourth-order valence-electron chi connectivity index (χ4n) is 5.58. The smallest absolute Gasteiger partial charge is 0.337 e. The molecule has 5 rings (SSSR count). The summed E-state index contributed by atoms with van der Waals surface area (Å²) in [5.74, 6) is -0.605. The molecular formula is C32H33N5O4S. The Labute approximate surface area is 250 Å². The van der Waals surface area contributed by atoms with Gasteiger partial charge in [0.2, 0.25) is 5.91 Å². The Morgan fingerprint density at radius 1 is 1.00 bits per heavy atom. The van der Waals surface area contributed by atoms with Gasteiger partial charge in [0.1, 0.15) is 6.61 Å². The molecule has 2 aromatic carbocycles. The van der Waals surface area contributed by atoms with Crippen molar-refractivity contribution in [3.8, 4) is 5.69 Å². The Balaban J connectivity index is 1.61. The summed E-state index contributed by atoms with van der Waals surface area (Å²) in [6, 6.07) is 20.8. The number of pyridine rings is 1. The molecule has 0 saturated carbocycles. The van der Waals surface area contributed by atoms with Crippen molar-refractivity contribution in [2.75, 3.05) is 31.0 Å². The molecule has 0 unspecified atom stereocenters. The van der Waals surface area contributed by atoms with Crippen LogP contribution in [0.25, 0.3) is 5.69 Å². The predicted octanol–water partition coefficient (Wildman–Crippen LogP) is 5.35. The third kappa shape index (κ3) is 5.50. The molecule has 216 valence electrons. The van der Waals surface area contributed by atoms with Gasteiger partial charge in [-0.15, -0.1) is 0 Å². The zero-order valence-corrected chi connectivity index (χ0v) is 25.0. The number of thiocarbonyl (C=S) groups is 1. The standard InChI is InChI=1S/C32H33N5O4S/c1-19-15-24(12-13-26(19)34-28(38)18-40-4)37-30(29(35-32(37)42)27-11-6-7-14-33-27)25-16-20(2)36(21(25)3)23-10-8-9-22(17-23)31(39)41-5/h6-17,29-30H,18H2,1-5H3,(H,34,38)(H,35,42)/t29-,30-/m1/s1. The maximum absolute atomic E-state index is 12.3. The second kappa shape index (κ2) is 12.1. The minimum Gasteiger partial charge on any atom is -0.465 e. The third-order valence-corrected chi connectivity index (χ3v) is 7.76. The first kappa shape index (κ1) is 29.0. The monoisotopic (exact) mass is 583 g/mol. The molecular weight excluding hydrogens is 550 g/mol. The van der Waals surface area contributed by atoms with E-state index in [1.54, 1.807) is 12.3 Å². The van der Waals surface area contributed by atoms with Crippen LogP contribution in [0.15, 0.2) is 72.9 Å². The number of ether oxygens (including phenoxy) is 2. The highest BCUT2D eigenvalue weighted by atomic mass is 32.1. The average molecular weight is 584 g/mol. The quantitative estimate of drug-likeness (QED) is 0.212. The van der Waals surface area contributed by atoms with Crippen LogP contribution in [0.3, 0.4) is 0 Å². The highest BCUT2D eigenvalue weighted by Gasteiger charge is 2.42. The van der Waals surface area contributed by atoms with Gasteiger partial charge in [0.05, 0.1) is 30.5 Å². The molecule has 1 fully saturated rings. The van der Waals surface area contributed by atoms with Crippen LogP contribution in [0.5, 0.6) is 0 Å². The number of carbonyl (C=O) groups is 2. The number of aromatic nitrogens is 2. The van der Waals surface area contributed by atoms with E-state index >= 15 is 0 Å². The van der Waals surface area contributed by atoms with E-state index in [1.165, 1.54) is 14.2 Å². The zero-order valence-electron chi connectivity index (χ0n) is 24.2. The van der Waals surface area contributed by atoms with Gasteiger partial charge in [0, 0.05) is 41.8 Å². The van der Waals surface area contributed by atoms with Gasteiger partial charge in [-0.2, -0.15) is 0 Å². The predicted molar refractivity (Wildman–Crippen MR) is 166 cm³/mol. The number of aryl methyl sites for hydroxylation is 2. The van der Waals surface area contributed by atoms with E-state index in [0.29, 0.717) is 16.4 Å². The molecule has 1 aliphatic heterocycles. The molecule has 3 heterocycles. The molecule has 4 aromatic rings. The van der Waals surface area contributed by atoms with Gasteiger partial charge in [0.15, 0.2) is 5.11 Å². The molecule has 1 aliphatic rings. The maximum Gasteiger partial charge on any atom is 0.337 e. The number of benzene rings is 2. The van der Waals surface area contributed by atoms with Crippen molar-refractivity contribution in [3.05, 3.63) is 107 Å². The fraction of sp³-hybridized carbons (Fsp3) is 0.250. The van der Waals surface area contributed by atoms with Crippen molar-refractivity contribution < 1.29 is 19.1 Å². The summed E-state index contributed by atoms with van der Waals surface area (Å²) in [6.07, 6.45) is 1.78.